The quantitative estimate of drug-likeness (QED) is 0.357. The first-order valence-corrected chi connectivity index (χ1v) is 13.4. The Morgan fingerprint density at radius 1 is 1.17 bits per heavy atom. The van der Waals surface area contributed by atoms with Crippen molar-refractivity contribution in [2.45, 2.75) is 69.4 Å². The standard InChI is InChI=1S/C30H42N4O2/c1-22-21-34(16-8-11-24-9-4-3-5-10-24)27-18-26(33-29(36)14-7-15-32-23(2)31)19-30(22,20-27)25-12-6-13-28(35)17-25/h3-6,9-10,12-13,17,22,26-27,32,35H,2,7-8,11,14-16,18-21,31H2,1H3,(H,33,36). The Hall–Kier alpha value is -2.99. The fourth-order valence-electron chi connectivity index (χ4n) is 6.44. The molecule has 1 aliphatic heterocycles. The first-order chi connectivity index (χ1) is 17.4. The van der Waals surface area contributed by atoms with Gasteiger partial charge < -0.3 is 21.5 Å². The van der Waals surface area contributed by atoms with Gasteiger partial charge in [0.1, 0.15) is 5.75 Å². The van der Waals surface area contributed by atoms with Crippen molar-refractivity contribution in [3.8, 4) is 5.75 Å². The van der Waals surface area contributed by atoms with E-state index in [0.29, 0.717) is 36.5 Å². The molecule has 1 amide bonds. The molecule has 1 aliphatic carbocycles. The maximum Gasteiger partial charge on any atom is 0.220 e. The minimum absolute atomic E-state index is 0.0472. The second-order valence-electron chi connectivity index (χ2n) is 10.8. The zero-order valence-corrected chi connectivity index (χ0v) is 21.6. The second-order valence-corrected chi connectivity index (χ2v) is 10.8. The summed E-state index contributed by atoms with van der Waals surface area (Å²) in [5.74, 6) is 1.27. The van der Waals surface area contributed by atoms with Crippen LogP contribution in [-0.4, -0.2) is 47.6 Å². The van der Waals surface area contributed by atoms with E-state index in [4.69, 9.17) is 5.73 Å². The number of piperidine rings is 1. The number of carbonyl (C=O) groups is 1. The summed E-state index contributed by atoms with van der Waals surface area (Å²) in [5, 5.41) is 16.6. The summed E-state index contributed by atoms with van der Waals surface area (Å²) in [6.07, 6.45) is 6.35. The zero-order chi connectivity index (χ0) is 25.5. The van der Waals surface area contributed by atoms with E-state index in [9.17, 15) is 9.90 Å². The first-order valence-electron chi connectivity index (χ1n) is 13.4. The number of amides is 1. The van der Waals surface area contributed by atoms with E-state index in [1.54, 1.807) is 6.07 Å². The van der Waals surface area contributed by atoms with Crippen molar-refractivity contribution in [2.24, 2.45) is 11.7 Å². The van der Waals surface area contributed by atoms with Gasteiger partial charge in [0, 0.05) is 37.0 Å². The van der Waals surface area contributed by atoms with E-state index in [1.165, 1.54) is 11.1 Å². The molecule has 194 valence electrons. The number of nitrogens with zero attached hydrogens (tertiary/aromatic N) is 1. The van der Waals surface area contributed by atoms with Gasteiger partial charge in [0.05, 0.1) is 5.82 Å². The van der Waals surface area contributed by atoms with Crippen LogP contribution in [0.2, 0.25) is 0 Å². The Morgan fingerprint density at radius 3 is 2.72 bits per heavy atom. The molecule has 2 aromatic rings. The van der Waals surface area contributed by atoms with Gasteiger partial charge in [-0.1, -0.05) is 56.0 Å². The lowest BCUT2D eigenvalue weighted by Crippen LogP contribution is -2.61. The number of nitrogens with two attached hydrogens (primary N) is 1. The van der Waals surface area contributed by atoms with Crippen LogP contribution in [0.25, 0.3) is 0 Å². The molecule has 4 rings (SSSR count). The molecule has 0 spiro atoms. The number of carbonyl (C=O) groups excluding carboxylic acids is 1. The summed E-state index contributed by atoms with van der Waals surface area (Å²) in [5.41, 5.74) is 8.10. The third kappa shape index (κ3) is 6.41. The van der Waals surface area contributed by atoms with Crippen LogP contribution in [0, 0.1) is 5.92 Å². The SMILES string of the molecule is C=C(N)NCCCC(=O)NC1CC2CC(c3cccc(O)c3)(C1)C(C)CN2CCCc1ccccc1. The summed E-state index contributed by atoms with van der Waals surface area (Å²) < 4.78 is 0. The van der Waals surface area contributed by atoms with E-state index in [2.05, 4.69) is 65.4 Å². The molecule has 0 radical (unpaired) electrons. The summed E-state index contributed by atoms with van der Waals surface area (Å²) in [7, 11) is 0. The van der Waals surface area contributed by atoms with Gasteiger partial charge in [-0.15, -0.1) is 0 Å². The van der Waals surface area contributed by atoms with Crippen molar-refractivity contribution in [3.05, 3.63) is 78.1 Å². The lowest BCUT2D eigenvalue weighted by atomic mass is 9.57. The first kappa shape index (κ1) is 26.1. The van der Waals surface area contributed by atoms with Crippen molar-refractivity contribution < 1.29 is 9.90 Å². The van der Waals surface area contributed by atoms with Crippen LogP contribution < -0.4 is 16.4 Å². The molecule has 6 nitrogen and oxygen atoms in total. The maximum absolute atomic E-state index is 12.8. The minimum Gasteiger partial charge on any atom is -0.508 e. The maximum atomic E-state index is 12.8. The molecule has 2 bridgehead atoms. The topological polar surface area (TPSA) is 90.6 Å². The monoisotopic (exact) mass is 490 g/mol. The van der Waals surface area contributed by atoms with Gasteiger partial charge in [0.2, 0.25) is 5.91 Å². The molecule has 4 atom stereocenters. The van der Waals surface area contributed by atoms with Crippen LogP contribution in [0.3, 0.4) is 0 Å². The van der Waals surface area contributed by atoms with Crippen LogP contribution in [0.15, 0.2) is 67.0 Å². The number of hydrogen-bond donors (Lipinski definition) is 4. The van der Waals surface area contributed by atoms with Crippen molar-refractivity contribution in [2.75, 3.05) is 19.6 Å². The Bertz CT molecular complexity index is 1030. The van der Waals surface area contributed by atoms with Gasteiger partial charge in [-0.2, -0.15) is 0 Å². The highest BCUT2D eigenvalue weighted by molar-refractivity contribution is 5.76. The molecule has 2 aromatic carbocycles. The van der Waals surface area contributed by atoms with Crippen LogP contribution in [0.1, 0.15) is 56.6 Å². The number of aromatic hydroxyl groups is 1. The van der Waals surface area contributed by atoms with Gasteiger partial charge in [0.15, 0.2) is 0 Å². The Balaban J connectivity index is 1.45. The highest BCUT2D eigenvalue weighted by Crippen LogP contribution is 2.50. The number of fused-ring (bicyclic) bond motifs is 2. The van der Waals surface area contributed by atoms with E-state index < -0.39 is 0 Å². The number of likely N-dealkylation sites (tertiary alicyclic amines) is 1. The van der Waals surface area contributed by atoms with E-state index in [0.717, 1.165) is 51.6 Å². The largest absolute Gasteiger partial charge is 0.508 e. The molecular weight excluding hydrogens is 448 g/mol. The predicted octanol–water partition coefficient (Wildman–Crippen LogP) is 4.05. The zero-order valence-electron chi connectivity index (χ0n) is 21.6. The molecular formula is C30H42N4O2. The van der Waals surface area contributed by atoms with Crippen LogP contribution >= 0.6 is 0 Å². The van der Waals surface area contributed by atoms with E-state index in [1.807, 2.05) is 12.1 Å². The summed E-state index contributed by atoms with van der Waals surface area (Å²) in [6.45, 7) is 8.74. The van der Waals surface area contributed by atoms with Crippen LogP contribution in [-0.2, 0) is 16.6 Å². The van der Waals surface area contributed by atoms with Crippen molar-refractivity contribution >= 4 is 5.91 Å². The average Bonchev–Trinajstić information content (AvgIpc) is 2.85. The third-order valence-corrected chi connectivity index (χ3v) is 8.21. The van der Waals surface area contributed by atoms with E-state index in [-0.39, 0.29) is 17.4 Å². The normalized spacial score (nSPS) is 25.8. The van der Waals surface area contributed by atoms with Crippen molar-refractivity contribution in [1.82, 2.24) is 15.5 Å². The second kappa shape index (κ2) is 11.8. The van der Waals surface area contributed by atoms with E-state index >= 15 is 0 Å². The van der Waals surface area contributed by atoms with Crippen LogP contribution in [0.5, 0.6) is 5.75 Å². The number of phenolic OH excluding ortho intramolecular Hbond substituents is 1. The molecule has 2 fully saturated rings. The molecule has 1 heterocycles. The lowest BCUT2D eigenvalue weighted by molar-refractivity contribution is -0.123. The number of phenols is 1. The van der Waals surface area contributed by atoms with Crippen LogP contribution in [0.4, 0.5) is 0 Å². The Labute approximate surface area is 216 Å². The van der Waals surface area contributed by atoms with Crippen molar-refractivity contribution in [3.63, 3.8) is 0 Å². The Morgan fingerprint density at radius 2 is 1.97 bits per heavy atom. The smallest absolute Gasteiger partial charge is 0.220 e. The van der Waals surface area contributed by atoms with Gasteiger partial charge >= 0.3 is 0 Å². The molecule has 2 aliphatic rings. The van der Waals surface area contributed by atoms with Gasteiger partial charge in [-0.25, -0.2) is 0 Å². The molecule has 5 N–H and O–H groups in total. The van der Waals surface area contributed by atoms with Gasteiger partial charge in [0.25, 0.3) is 0 Å². The highest BCUT2D eigenvalue weighted by atomic mass is 16.3. The number of hydrogen-bond acceptors (Lipinski definition) is 5. The lowest BCUT2D eigenvalue weighted by Gasteiger charge is -2.56. The van der Waals surface area contributed by atoms with Gasteiger partial charge in [-0.3, -0.25) is 9.69 Å². The fraction of sp³-hybridized carbons (Fsp3) is 0.500. The average molecular weight is 491 g/mol. The third-order valence-electron chi connectivity index (χ3n) is 8.21. The fourth-order valence-corrected chi connectivity index (χ4v) is 6.44. The van der Waals surface area contributed by atoms with Crippen molar-refractivity contribution in [1.29, 1.82) is 0 Å². The summed E-state index contributed by atoms with van der Waals surface area (Å²) in [4.78, 5) is 15.5. The number of aryl methyl sites for hydroxylation is 1. The molecule has 1 saturated carbocycles. The molecule has 4 unspecified atom stereocenters. The molecule has 1 saturated heterocycles. The Kier molecular flexibility index (Phi) is 8.57. The highest BCUT2D eigenvalue weighted by Gasteiger charge is 2.51. The predicted molar refractivity (Wildman–Crippen MR) is 145 cm³/mol. The number of benzene rings is 2. The summed E-state index contributed by atoms with van der Waals surface area (Å²) in [6, 6.07) is 19.0. The molecule has 6 heteroatoms. The number of rotatable bonds is 11. The number of nitrogens with one attached hydrogen (secondary N) is 2. The minimum atomic E-state index is -0.0472. The van der Waals surface area contributed by atoms with Gasteiger partial charge in [-0.05, 0) is 74.2 Å². The molecule has 36 heavy (non-hydrogen) atoms. The summed E-state index contributed by atoms with van der Waals surface area (Å²) >= 11 is 0. The molecule has 0 aromatic heterocycles.